The lowest BCUT2D eigenvalue weighted by molar-refractivity contribution is 0.686. The van der Waals surface area contributed by atoms with Gasteiger partial charge in [0.15, 0.2) is 0 Å². The Balaban J connectivity index is 2.03. The number of fused-ring (bicyclic) bond motifs is 1. The van der Waals surface area contributed by atoms with Crippen LogP contribution in [0.2, 0.25) is 0 Å². The number of aryl methyl sites for hydroxylation is 2. The molecule has 3 rings (SSSR count). The van der Waals surface area contributed by atoms with Crippen molar-refractivity contribution in [3.63, 3.8) is 0 Å². The number of nitrogens with zero attached hydrogens (tertiary/aromatic N) is 1. The van der Waals surface area contributed by atoms with Crippen LogP contribution in [-0.4, -0.2) is 4.98 Å². The number of anilines is 1. The zero-order valence-corrected chi connectivity index (χ0v) is 11.8. The molecule has 2 nitrogen and oxygen atoms in total. The van der Waals surface area contributed by atoms with E-state index in [2.05, 4.69) is 39.1 Å². The standard InChI is InChI=1S/C13H13BrN2S/c14-11-12(15)16-13(17-11)10-6-5-8-3-1-2-4-9(8)7-10/h5-7H,1-4,15H2. The Hall–Kier alpha value is -0.870. The number of hydrogen-bond donors (Lipinski definition) is 1. The van der Waals surface area contributed by atoms with Crippen molar-refractivity contribution in [2.45, 2.75) is 25.7 Å². The minimum atomic E-state index is 0.586. The fraction of sp³-hybridized carbons (Fsp3) is 0.308. The SMILES string of the molecule is Nc1nc(-c2ccc3c(c2)CCCC3)sc1Br. The quantitative estimate of drug-likeness (QED) is 0.863. The Morgan fingerprint density at radius 3 is 2.65 bits per heavy atom. The maximum absolute atomic E-state index is 5.77. The first-order chi connectivity index (χ1) is 8.24. The van der Waals surface area contributed by atoms with E-state index in [9.17, 15) is 0 Å². The highest BCUT2D eigenvalue weighted by Crippen LogP contribution is 2.35. The van der Waals surface area contributed by atoms with Gasteiger partial charge in [-0.25, -0.2) is 4.98 Å². The maximum Gasteiger partial charge on any atom is 0.149 e. The highest BCUT2D eigenvalue weighted by atomic mass is 79.9. The molecule has 0 spiro atoms. The summed E-state index contributed by atoms with van der Waals surface area (Å²) in [5.74, 6) is 0.586. The van der Waals surface area contributed by atoms with Gasteiger partial charge < -0.3 is 5.73 Å². The number of halogens is 1. The Kier molecular flexibility index (Phi) is 2.92. The molecule has 0 bridgehead atoms. The van der Waals surface area contributed by atoms with Gasteiger partial charge in [0, 0.05) is 5.56 Å². The monoisotopic (exact) mass is 308 g/mol. The first-order valence-electron chi connectivity index (χ1n) is 5.78. The molecule has 4 heteroatoms. The summed E-state index contributed by atoms with van der Waals surface area (Å²) in [5, 5.41) is 1.00. The van der Waals surface area contributed by atoms with Crippen LogP contribution < -0.4 is 5.73 Å². The van der Waals surface area contributed by atoms with Crippen LogP contribution >= 0.6 is 27.3 Å². The van der Waals surface area contributed by atoms with Gasteiger partial charge in [-0.1, -0.05) is 12.1 Å². The van der Waals surface area contributed by atoms with Crippen molar-refractivity contribution in [2.24, 2.45) is 0 Å². The average molecular weight is 309 g/mol. The molecule has 1 aliphatic rings. The van der Waals surface area contributed by atoms with Gasteiger partial charge in [-0.15, -0.1) is 11.3 Å². The third-order valence-corrected chi connectivity index (χ3v) is 5.01. The van der Waals surface area contributed by atoms with E-state index in [-0.39, 0.29) is 0 Å². The highest BCUT2D eigenvalue weighted by molar-refractivity contribution is 9.11. The largest absolute Gasteiger partial charge is 0.382 e. The molecule has 0 fully saturated rings. The van der Waals surface area contributed by atoms with Gasteiger partial charge in [-0.05, 0) is 58.8 Å². The van der Waals surface area contributed by atoms with E-state index < -0.39 is 0 Å². The lowest BCUT2D eigenvalue weighted by atomic mass is 9.90. The molecule has 2 N–H and O–H groups in total. The Morgan fingerprint density at radius 2 is 1.94 bits per heavy atom. The van der Waals surface area contributed by atoms with Crippen molar-refractivity contribution in [3.8, 4) is 10.6 Å². The van der Waals surface area contributed by atoms with Crippen LogP contribution in [0.1, 0.15) is 24.0 Å². The second kappa shape index (κ2) is 4.42. The molecule has 0 saturated carbocycles. The van der Waals surface area contributed by atoms with Crippen LogP contribution in [0, 0.1) is 0 Å². The normalized spacial score (nSPS) is 14.6. The first-order valence-corrected chi connectivity index (χ1v) is 7.39. The van der Waals surface area contributed by atoms with Gasteiger partial charge in [0.1, 0.15) is 14.6 Å². The van der Waals surface area contributed by atoms with E-state index in [0.717, 1.165) is 8.79 Å². The summed E-state index contributed by atoms with van der Waals surface area (Å²) in [5.41, 5.74) is 9.94. The lowest BCUT2D eigenvalue weighted by Gasteiger charge is -2.15. The van der Waals surface area contributed by atoms with Crippen LogP contribution in [-0.2, 0) is 12.8 Å². The van der Waals surface area contributed by atoms with Crippen LogP contribution in [0.5, 0.6) is 0 Å². The van der Waals surface area contributed by atoms with Crippen molar-refractivity contribution in [1.29, 1.82) is 0 Å². The van der Waals surface area contributed by atoms with E-state index in [1.807, 2.05) is 0 Å². The zero-order chi connectivity index (χ0) is 11.8. The number of rotatable bonds is 1. The number of nitrogen functional groups attached to an aromatic ring is 1. The molecule has 0 atom stereocenters. The van der Waals surface area contributed by atoms with Gasteiger partial charge in [0.05, 0.1) is 0 Å². The number of thiazole rings is 1. The minimum Gasteiger partial charge on any atom is -0.382 e. The number of benzene rings is 1. The topological polar surface area (TPSA) is 38.9 Å². The first kappa shape index (κ1) is 11.2. The molecule has 1 aliphatic carbocycles. The second-order valence-corrected chi connectivity index (χ2v) is 6.69. The molecule has 0 amide bonds. The lowest BCUT2D eigenvalue weighted by Crippen LogP contribution is -2.02. The van der Waals surface area contributed by atoms with Crippen LogP contribution in [0.25, 0.3) is 10.6 Å². The Bertz CT molecular complexity index is 543. The van der Waals surface area contributed by atoms with Crippen LogP contribution in [0.3, 0.4) is 0 Å². The molecule has 0 saturated heterocycles. The summed E-state index contributed by atoms with van der Waals surface area (Å²) in [6, 6.07) is 6.68. The van der Waals surface area contributed by atoms with Crippen LogP contribution in [0.4, 0.5) is 5.82 Å². The molecule has 1 heterocycles. The molecule has 1 aromatic heterocycles. The summed E-state index contributed by atoms with van der Waals surface area (Å²) in [7, 11) is 0. The van der Waals surface area contributed by atoms with Crippen molar-refractivity contribution < 1.29 is 0 Å². The molecule has 1 aromatic carbocycles. The fourth-order valence-electron chi connectivity index (χ4n) is 2.30. The Labute approximate surface area is 113 Å². The van der Waals surface area contributed by atoms with Crippen molar-refractivity contribution in [2.75, 3.05) is 5.73 Å². The molecule has 17 heavy (non-hydrogen) atoms. The van der Waals surface area contributed by atoms with Gasteiger partial charge in [-0.2, -0.15) is 0 Å². The van der Waals surface area contributed by atoms with Crippen molar-refractivity contribution in [3.05, 3.63) is 33.1 Å². The molecule has 0 radical (unpaired) electrons. The Morgan fingerprint density at radius 1 is 1.18 bits per heavy atom. The zero-order valence-electron chi connectivity index (χ0n) is 9.37. The molecule has 0 unspecified atom stereocenters. The van der Waals surface area contributed by atoms with Crippen molar-refractivity contribution in [1.82, 2.24) is 4.98 Å². The van der Waals surface area contributed by atoms with E-state index in [1.165, 1.54) is 42.4 Å². The van der Waals surface area contributed by atoms with E-state index in [4.69, 9.17) is 5.73 Å². The fourth-order valence-corrected chi connectivity index (χ4v) is 3.56. The number of hydrogen-bond acceptors (Lipinski definition) is 3. The van der Waals surface area contributed by atoms with Gasteiger partial charge in [-0.3, -0.25) is 0 Å². The minimum absolute atomic E-state index is 0.586. The van der Waals surface area contributed by atoms with E-state index in [1.54, 1.807) is 11.3 Å². The summed E-state index contributed by atoms with van der Waals surface area (Å²) in [6.45, 7) is 0. The third kappa shape index (κ3) is 2.11. The van der Waals surface area contributed by atoms with Crippen LogP contribution in [0.15, 0.2) is 22.0 Å². The molecular weight excluding hydrogens is 296 g/mol. The predicted octanol–water partition coefficient (Wildman–Crippen LogP) is 4.03. The molecule has 0 aliphatic heterocycles. The summed E-state index contributed by atoms with van der Waals surface area (Å²) in [6.07, 6.45) is 5.05. The van der Waals surface area contributed by atoms with Gasteiger partial charge in [0.2, 0.25) is 0 Å². The summed E-state index contributed by atoms with van der Waals surface area (Å²) in [4.78, 5) is 4.38. The number of nitrogens with two attached hydrogens (primary N) is 1. The molecular formula is C13H13BrN2S. The molecule has 88 valence electrons. The molecule has 2 aromatic rings. The number of aromatic nitrogens is 1. The highest BCUT2D eigenvalue weighted by Gasteiger charge is 2.12. The van der Waals surface area contributed by atoms with E-state index >= 15 is 0 Å². The second-order valence-electron chi connectivity index (χ2n) is 4.37. The summed E-state index contributed by atoms with van der Waals surface area (Å²) >= 11 is 5.02. The van der Waals surface area contributed by atoms with Crippen molar-refractivity contribution >= 4 is 33.1 Å². The predicted molar refractivity (Wildman–Crippen MR) is 76.3 cm³/mol. The average Bonchev–Trinajstić information content (AvgIpc) is 2.69. The smallest absolute Gasteiger partial charge is 0.149 e. The summed E-state index contributed by atoms with van der Waals surface area (Å²) < 4.78 is 0.922. The maximum atomic E-state index is 5.77. The third-order valence-electron chi connectivity index (χ3n) is 3.21. The van der Waals surface area contributed by atoms with E-state index in [0.29, 0.717) is 5.82 Å². The van der Waals surface area contributed by atoms with Gasteiger partial charge in [0.25, 0.3) is 0 Å². The van der Waals surface area contributed by atoms with Gasteiger partial charge >= 0.3 is 0 Å².